The Bertz CT molecular complexity index is 808. The van der Waals surface area contributed by atoms with Gasteiger partial charge in [0.25, 0.3) is 0 Å². The van der Waals surface area contributed by atoms with Crippen LogP contribution in [0.5, 0.6) is 6.01 Å². The average Bonchev–Trinajstić information content (AvgIpc) is 2.67. The molecule has 0 spiro atoms. The predicted molar refractivity (Wildman–Crippen MR) is 101 cm³/mol. The van der Waals surface area contributed by atoms with Crippen LogP contribution in [-0.4, -0.2) is 40.8 Å². The van der Waals surface area contributed by atoms with Crippen molar-refractivity contribution in [3.05, 3.63) is 46.6 Å². The first-order chi connectivity index (χ1) is 13.0. The van der Waals surface area contributed by atoms with Crippen molar-refractivity contribution in [3.8, 4) is 6.01 Å². The van der Waals surface area contributed by atoms with Crippen LogP contribution in [0.15, 0.2) is 24.3 Å². The summed E-state index contributed by atoms with van der Waals surface area (Å²) in [4.78, 5) is 19.5. The Hall–Kier alpha value is -2.67. The number of hydrogen-bond donors (Lipinski definition) is 2. The highest BCUT2D eigenvalue weighted by molar-refractivity contribution is 5.88. The summed E-state index contributed by atoms with van der Waals surface area (Å²) < 4.78 is 11.3. The van der Waals surface area contributed by atoms with E-state index in [2.05, 4.69) is 46.5 Å². The van der Waals surface area contributed by atoms with Gasteiger partial charge in [-0.25, -0.2) is 4.79 Å². The fourth-order valence-corrected chi connectivity index (χ4v) is 3.25. The van der Waals surface area contributed by atoms with Crippen molar-refractivity contribution in [1.29, 1.82) is 0 Å². The van der Waals surface area contributed by atoms with Gasteiger partial charge in [-0.1, -0.05) is 29.8 Å². The molecule has 2 unspecified atom stereocenters. The van der Waals surface area contributed by atoms with Crippen LogP contribution in [-0.2, 0) is 4.74 Å². The SMILES string of the molecule is COc1nc(NCC2CCCC(c3ccc(C)cc3)O2)c(C)c(C(=O)O)n1. The van der Waals surface area contributed by atoms with Gasteiger partial charge in [-0.3, -0.25) is 0 Å². The first-order valence-corrected chi connectivity index (χ1v) is 9.09. The molecule has 1 saturated heterocycles. The molecule has 0 radical (unpaired) electrons. The van der Waals surface area contributed by atoms with E-state index in [1.807, 2.05) is 0 Å². The Kier molecular flexibility index (Phi) is 5.91. The van der Waals surface area contributed by atoms with Crippen LogP contribution in [0.4, 0.5) is 5.82 Å². The van der Waals surface area contributed by atoms with E-state index in [0.717, 1.165) is 19.3 Å². The van der Waals surface area contributed by atoms with E-state index in [0.29, 0.717) is 17.9 Å². The van der Waals surface area contributed by atoms with Gasteiger partial charge in [-0.05, 0) is 38.7 Å². The summed E-state index contributed by atoms with van der Waals surface area (Å²) in [5.41, 5.74) is 2.84. The third-order valence-electron chi connectivity index (χ3n) is 4.81. The minimum absolute atomic E-state index is 0.0266. The van der Waals surface area contributed by atoms with Gasteiger partial charge in [0.15, 0.2) is 5.69 Å². The van der Waals surface area contributed by atoms with Crippen molar-refractivity contribution in [3.63, 3.8) is 0 Å². The van der Waals surface area contributed by atoms with Crippen LogP contribution in [0.1, 0.15) is 52.5 Å². The molecule has 0 bridgehead atoms. The first kappa shape index (κ1) is 19.1. The highest BCUT2D eigenvalue weighted by Gasteiger charge is 2.24. The van der Waals surface area contributed by atoms with E-state index < -0.39 is 5.97 Å². The van der Waals surface area contributed by atoms with Crippen LogP contribution >= 0.6 is 0 Å². The monoisotopic (exact) mass is 371 g/mol. The van der Waals surface area contributed by atoms with E-state index in [1.165, 1.54) is 18.2 Å². The second-order valence-electron chi connectivity index (χ2n) is 6.81. The lowest BCUT2D eigenvalue weighted by Gasteiger charge is -2.31. The molecule has 0 aliphatic carbocycles. The number of aryl methyl sites for hydroxylation is 1. The molecule has 1 fully saturated rings. The third-order valence-corrected chi connectivity index (χ3v) is 4.81. The third kappa shape index (κ3) is 4.54. The van der Waals surface area contributed by atoms with Gasteiger partial charge in [0.1, 0.15) is 5.82 Å². The highest BCUT2D eigenvalue weighted by atomic mass is 16.5. The van der Waals surface area contributed by atoms with Gasteiger partial charge >= 0.3 is 12.0 Å². The number of ether oxygens (including phenoxy) is 2. The normalized spacial score (nSPS) is 19.5. The first-order valence-electron chi connectivity index (χ1n) is 9.09. The zero-order valence-electron chi connectivity index (χ0n) is 15.9. The highest BCUT2D eigenvalue weighted by Crippen LogP contribution is 2.31. The van der Waals surface area contributed by atoms with Crippen LogP contribution in [0.3, 0.4) is 0 Å². The molecule has 1 aromatic heterocycles. The zero-order chi connectivity index (χ0) is 19.4. The quantitative estimate of drug-likeness (QED) is 0.802. The van der Waals surface area contributed by atoms with Crippen LogP contribution in [0, 0.1) is 13.8 Å². The minimum Gasteiger partial charge on any atom is -0.476 e. The number of anilines is 1. The lowest BCUT2D eigenvalue weighted by Crippen LogP contribution is -2.29. The Morgan fingerprint density at radius 2 is 2.00 bits per heavy atom. The van der Waals surface area contributed by atoms with E-state index >= 15 is 0 Å². The van der Waals surface area contributed by atoms with E-state index in [9.17, 15) is 9.90 Å². The van der Waals surface area contributed by atoms with Gasteiger partial charge in [-0.2, -0.15) is 9.97 Å². The van der Waals surface area contributed by atoms with Crippen molar-refractivity contribution >= 4 is 11.8 Å². The standard InChI is InChI=1S/C20H25N3O4/c1-12-7-9-14(10-8-12)16-6-4-5-15(27-16)11-21-18-13(2)17(19(24)25)22-20(23-18)26-3/h7-10,15-16H,4-6,11H2,1-3H3,(H,24,25)(H,21,22,23). The van der Waals surface area contributed by atoms with Crippen LogP contribution in [0.25, 0.3) is 0 Å². The summed E-state index contributed by atoms with van der Waals surface area (Å²) in [5, 5.41) is 12.5. The molecule has 2 heterocycles. The van der Waals surface area contributed by atoms with Gasteiger partial charge in [0.2, 0.25) is 0 Å². The molecule has 1 aliphatic rings. The molecule has 7 heteroatoms. The number of benzene rings is 1. The minimum atomic E-state index is -1.11. The Morgan fingerprint density at radius 3 is 2.67 bits per heavy atom. The van der Waals surface area contributed by atoms with E-state index in [1.54, 1.807) is 6.92 Å². The Balaban J connectivity index is 1.68. The molecule has 2 aromatic rings. The summed E-state index contributed by atoms with van der Waals surface area (Å²) in [6.07, 6.45) is 3.14. The fourth-order valence-electron chi connectivity index (χ4n) is 3.25. The van der Waals surface area contributed by atoms with E-state index in [-0.39, 0.29) is 23.9 Å². The molecule has 7 nitrogen and oxygen atoms in total. The molecule has 1 aliphatic heterocycles. The maximum absolute atomic E-state index is 11.4. The van der Waals surface area contributed by atoms with Gasteiger partial charge in [0, 0.05) is 12.1 Å². The Morgan fingerprint density at radius 1 is 1.26 bits per heavy atom. The fraction of sp³-hybridized carbons (Fsp3) is 0.450. The molecule has 27 heavy (non-hydrogen) atoms. The number of aromatic nitrogens is 2. The second kappa shape index (κ2) is 8.35. The lowest BCUT2D eigenvalue weighted by atomic mass is 9.97. The molecular weight excluding hydrogens is 346 g/mol. The number of carboxylic acid groups (broad SMARTS) is 1. The van der Waals surface area contributed by atoms with Crippen LogP contribution < -0.4 is 10.1 Å². The molecule has 1 aromatic carbocycles. The topological polar surface area (TPSA) is 93.6 Å². The van der Waals surface area contributed by atoms with Crippen molar-refractivity contribution in [2.75, 3.05) is 19.0 Å². The number of rotatable bonds is 6. The number of carbonyl (C=O) groups is 1. The zero-order valence-corrected chi connectivity index (χ0v) is 15.9. The number of hydrogen-bond acceptors (Lipinski definition) is 6. The van der Waals surface area contributed by atoms with Gasteiger partial charge in [0.05, 0.1) is 19.3 Å². The van der Waals surface area contributed by atoms with Crippen molar-refractivity contribution in [2.45, 2.75) is 45.3 Å². The number of nitrogens with zero attached hydrogens (tertiary/aromatic N) is 2. The largest absolute Gasteiger partial charge is 0.476 e. The van der Waals surface area contributed by atoms with E-state index in [4.69, 9.17) is 9.47 Å². The summed E-state index contributed by atoms with van der Waals surface area (Å²) in [7, 11) is 1.41. The lowest BCUT2D eigenvalue weighted by molar-refractivity contribution is -0.0442. The molecule has 2 N–H and O–H groups in total. The molecular formula is C20H25N3O4. The Labute approximate surface area is 158 Å². The van der Waals surface area contributed by atoms with Crippen LogP contribution in [0.2, 0.25) is 0 Å². The smallest absolute Gasteiger partial charge is 0.355 e. The number of carboxylic acids is 1. The molecule has 144 valence electrons. The van der Waals surface area contributed by atoms with Gasteiger partial charge in [-0.15, -0.1) is 0 Å². The molecule has 0 amide bonds. The number of methoxy groups -OCH3 is 1. The van der Waals surface area contributed by atoms with Crippen molar-refractivity contribution in [1.82, 2.24) is 9.97 Å². The predicted octanol–water partition coefficient (Wildman–Crippen LogP) is 3.52. The molecule has 2 atom stereocenters. The molecule has 3 rings (SSSR count). The maximum atomic E-state index is 11.4. The summed E-state index contributed by atoms with van der Waals surface area (Å²) in [6, 6.07) is 8.47. The summed E-state index contributed by atoms with van der Waals surface area (Å²) in [5.74, 6) is -0.648. The van der Waals surface area contributed by atoms with Crippen molar-refractivity contribution in [2.24, 2.45) is 0 Å². The summed E-state index contributed by atoms with van der Waals surface area (Å²) >= 11 is 0. The second-order valence-corrected chi connectivity index (χ2v) is 6.81. The maximum Gasteiger partial charge on any atom is 0.355 e. The number of nitrogens with one attached hydrogen (secondary N) is 1. The average molecular weight is 371 g/mol. The van der Waals surface area contributed by atoms with Gasteiger partial charge < -0.3 is 19.9 Å². The number of aromatic carboxylic acids is 1. The van der Waals surface area contributed by atoms with Crippen molar-refractivity contribution < 1.29 is 19.4 Å². The summed E-state index contributed by atoms with van der Waals surface area (Å²) in [6.45, 7) is 4.30. The molecule has 0 saturated carbocycles.